The molecular weight excluding hydrogens is 886 g/mol. The molecule has 0 aromatic rings. The lowest BCUT2D eigenvalue weighted by molar-refractivity contribution is -0.199. The van der Waals surface area contributed by atoms with Gasteiger partial charge in [0.2, 0.25) is 0 Å². The summed E-state index contributed by atoms with van der Waals surface area (Å²) in [5.74, 6) is -1.61. The van der Waals surface area contributed by atoms with Crippen LogP contribution in [0.25, 0.3) is 0 Å². The summed E-state index contributed by atoms with van der Waals surface area (Å²) in [5, 5.41) is 40.8. The summed E-state index contributed by atoms with van der Waals surface area (Å²) in [4.78, 5) is 53.0. The van der Waals surface area contributed by atoms with Crippen LogP contribution < -0.4 is 0 Å². The van der Waals surface area contributed by atoms with Crippen LogP contribution in [0.2, 0.25) is 0 Å². The number of allylic oxidation sites excluding steroid dienone is 8. The van der Waals surface area contributed by atoms with Crippen molar-refractivity contribution in [2.75, 3.05) is 26.4 Å². The number of esters is 2. The molecule has 7 N–H and O–H groups in total. The molecular formula is C46H80O17P2. The standard InChI is InChI=1S/C46H80O17P2/c1-3-5-7-8-9-10-11-12-13-14-15-16-17-18-19-20-26-30-45(51)62-40(37-61-65(56,57)60-35-39(48)34-59-64(53,54)55)36-58-44(50)29-25-22-21-24-28-41-42(49)33-46(52)63-43(41)32-31-38(47)27-23-6-4-2/h9-10,12-13,15-16,21,24,31-32,38-43,46-49,52H,3-8,11,14,17-20,22-23,25-30,33-37H2,1-2H3,(H,56,57)(H2,53,54,55)/b10-9-,13-12-,16-15-,24-21-,32-31+/t38-,39-,40+,41-,42-,43+,46?/m0/s1. The maximum absolute atomic E-state index is 12.7. The second-order valence-corrected chi connectivity index (χ2v) is 18.9. The van der Waals surface area contributed by atoms with Crippen molar-refractivity contribution in [3.63, 3.8) is 0 Å². The summed E-state index contributed by atoms with van der Waals surface area (Å²) in [7, 11) is -9.79. The number of phosphoric ester groups is 2. The smallest absolute Gasteiger partial charge is 0.462 e. The van der Waals surface area contributed by atoms with E-state index < -0.39 is 90.8 Å². The SMILES string of the molecule is CCCCC/C=C\C/C=C\C/C=C\CCCCCCC(=O)O[C@H](COC(=O)CCC/C=C\C[C@H]1[C@@H](O)CC(O)O[C@@H]1/C=C/[C@@H](O)CCCCC)COP(=O)(O)OC[C@@H](O)COP(=O)(O)O. The molecule has 0 radical (unpaired) electrons. The van der Waals surface area contributed by atoms with Crippen LogP contribution >= 0.6 is 15.6 Å². The van der Waals surface area contributed by atoms with Gasteiger partial charge in [-0.15, -0.1) is 0 Å². The highest BCUT2D eigenvalue weighted by Crippen LogP contribution is 2.44. The normalized spacial score (nSPS) is 20.9. The maximum atomic E-state index is 12.7. The highest BCUT2D eigenvalue weighted by Gasteiger charge is 2.35. The van der Waals surface area contributed by atoms with E-state index in [1.807, 2.05) is 12.2 Å². The van der Waals surface area contributed by atoms with Gasteiger partial charge in [-0.1, -0.05) is 120 Å². The fraction of sp³-hybridized carbons (Fsp3) is 0.739. The van der Waals surface area contributed by atoms with Gasteiger partial charge >= 0.3 is 27.6 Å². The van der Waals surface area contributed by atoms with E-state index in [0.29, 0.717) is 32.1 Å². The van der Waals surface area contributed by atoms with Gasteiger partial charge in [0, 0.05) is 25.2 Å². The van der Waals surface area contributed by atoms with Gasteiger partial charge in [0.15, 0.2) is 12.4 Å². The van der Waals surface area contributed by atoms with Crippen LogP contribution in [0.15, 0.2) is 60.8 Å². The number of carbonyl (C=O) groups is 2. The van der Waals surface area contributed by atoms with E-state index in [2.05, 4.69) is 59.4 Å². The number of aliphatic hydroxyl groups is 4. The summed E-state index contributed by atoms with van der Waals surface area (Å²) in [6.45, 7) is 1.29. The van der Waals surface area contributed by atoms with Crippen molar-refractivity contribution < 1.29 is 81.6 Å². The monoisotopic (exact) mass is 966 g/mol. The second kappa shape index (κ2) is 37.6. The number of hydrogen-bond acceptors (Lipinski definition) is 14. The zero-order valence-corrected chi connectivity index (χ0v) is 40.4. The number of carbonyl (C=O) groups excluding carboxylic acids is 2. The van der Waals surface area contributed by atoms with Crippen molar-refractivity contribution >= 4 is 27.6 Å². The van der Waals surface area contributed by atoms with Gasteiger partial charge in [-0.3, -0.25) is 23.2 Å². The van der Waals surface area contributed by atoms with Crippen LogP contribution in [-0.4, -0.2) is 110 Å². The molecule has 17 nitrogen and oxygen atoms in total. The van der Waals surface area contributed by atoms with Crippen molar-refractivity contribution in [1.82, 2.24) is 0 Å². The largest absolute Gasteiger partial charge is 0.472 e. The Morgan fingerprint density at radius 3 is 1.92 bits per heavy atom. The molecule has 1 fully saturated rings. The van der Waals surface area contributed by atoms with Crippen molar-refractivity contribution in [3.05, 3.63) is 60.8 Å². The zero-order valence-electron chi connectivity index (χ0n) is 38.6. The highest BCUT2D eigenvalue weighted by molar-refractivity contribution is 7.47. The van der Waals surface area contributed by atoms with Crippen LogP contribution in [-0.2, 0) is 46.5 Å². The van der Waals surface area contributed by atoms with E-state index in [0.717, 1.165) is 64.2 Å². The van der Waals surface area contributed by atoms with Crippen molar-refractivity contribution in [2.45, 2.75) is 185 Å². The van der Waals surface area contributed by atoms with E-state index in [-0.39, 0.29) is 25.2 Å². The van der Waals surface area contributed by atoms with Gasteiger partial charge in [0.05, 0.1) is 38.1 Å². The number of hydrogen-bond donors (Lipinski definition) is 7. The lowest BCUT2D eigenvalue weighted by Gasteiger charge is -2.36. The van der Waals surface area contributed by atoms with E-state index >= 15 is 0 Å². The van der Waals surface area contributed by atoms with Crippen LogP contribution in [0.3, 0.4) is 0 Å². The molecule has 1 saturated heterocycles. The molecule has 0 spiro atoms. The summed E-state index contributed by atoms with van der Waals surface area (Å²) < 4.78 is 53.5. The number of rotatable bonds is 39. The zero-order chi connectivity index (χ0) is 48.2. The molecule has 1 aliphatic heterocycles. The van der Waals surface area contributed by atoms with Crippen LogP contribution in [0.4, 0.5) is 0 Å². The third-order valence-electron chi connectivity index (χ3n) is 10.2. The first kappa shape index (κ1) is 60.7. The van der Waals surface area contributed by atoms with Crippen molar-refractivity contribution in [2.24, 2.45) is 5.92 Å². The summed E-state index contributed by atoms with van der Waals surface area (Å²) in [6, 6.07) is 0. The number of unbranched alkanes of at least 4 members (excludes halogenated alkanes) is 10. The Hall–Kier alpha value is -2.34. The molecule has 0 amide bonds. The Labute approximate surface area is 386 Å². The molecule has 1 rings (SSSR count). The number of phosphoric acid groups is 2. The third kappa shape index (κ3) is 35.5. The van der Waals surface area contributed by atoms with E-state index in [1.165, 1.54) is 19.3 Å². The third-order valence-corrected chi connectivity index (χ3v) is 11.6. The fourth-order valence-electron chi connectivity index (χ4n) is 6.51. The second-order valence-electron chi connectivity index (χ2n) is 16.2. The number of aliphatic hydroxyl groups excluding tert-OH is 4. The molecule has 0 aliphatic carbocycles. The summed E-state index contributed by atoms with van der Waals surface area (Å²) in [6.07, 6.45) is 29.6. The van der Waals surface area contributed by atoms with E-state index in [1.54, 1.807) is 12.2 Å². The molecule has 8 atom stereocenters. The van der Waals surface area contributed by atoms with E-state index in [4.69, 9.17) is 28.5 Å². The van der Waals surface area contributed by atoms with E-state index in [9.17, 15) is 44.0 Å². The molecule has 376 valence electrons. The molecule has 1 aliphatic rings. The molecule has 0 aromatic heterocycles. The Morgan fingerprint density at radius 1 is 0.677 bits per heavy atom. The molecule has 0 bridgehead atoms. The molecule has 0 aromatic carbocycles. The molecule has 19 heteroatoms. The summed E-state index contributed by atoms with van der Waals surface area (Å²) >= 11 is 0. The van der Waals surface area contributed by atoms with Gasteiger partial charge < -0.3 is 49.3 Å². The first-order valence-electron chi connectivity index (χ1n) is 23.4. The average Bonchev–Trinajstić information content (AvgIpc) is 3.25. The Balaban J connectivity index is 2.60. The summed E-state index contributed by atoms with van der Waals surface area (Å²) in [5.41, 5.74) is 0. The number of ether oxygens (including phenoxy) is 3. The van der Waals surface area contributed by atoms with Crippen LogP contribution in [0.5, 0.6) is 0 Å². The Kier molecular flexibility index (Phi) is 35.1. The van der Waals surface area contributed by atoms with Gasteiger partial charge in [-0.2, -0.15) is 0 Å². The lowest BCUT2D eigenvalue weighted by atomic mass is 9.87. The Morgan fingerprint density at radius 2 is 1.25 bits per heavy atom. The molecule has 0 saturated carbocycles. The molecule has 1 heterocycles. The predicted molar refractivity (Wildman–Crippen MR) is 247 cm³/mol. The van der Waals surface area contributed by atoms with Crippen molar-refractivity contribution in [1.29, 1.82) is 0 Å². The highest BCUT2D eigenvalue weighted by atomic mass is 31.2. The van der Waals surface area contributed by atoms with Gasteiger partial charge in [-0.05, 0) is 70.6 Å². The maximum Gasteiger partial charge on any atom is 0.472 e. The molecule has 65 heavy (non-hydrogen) atoms. The first-order chi connectivity index (χ1) is 31.0. The van der Waals surface area contributed by atoms with Crippen molar-refractivity contribution in [3.8, 4) is 0 Å². The minimum Gasteiger partial charge on any atom is -0.462 e. The predicted octanol–water partition coefficient (Wildman–Crippen LogP) is 8.11. The fourth-order valence-corrected chi connectivity index (χ4v) is 7.67. The van der Waals surface area contributed by atoms with Crippen LogP contribution in [0, 0.1) is 5.92 Å². The Bertz CT molecular complexity index is 1500. The average molecular weight is 967 g/mol. The van der Waals surface area contributed by atoms with Gasteiger partial charge in [0.1, 0.15) is 12.7 Å². The van der Waals surface area contributed by atoms with Gasteiger partial charge in [0.25, 0.3) is 0 Å². The molecule has 2 unspecified atom stereocenters. The van der Waals surface area contributed by atoms with Crippen LogP contribution in [0.1, 0.15) is 149 Å². The lowest BCUT2D eigenvalue weighted by Crippen LogP contribution is -2.43. The van der Waals surface area contributed by atoms with Gasteiger partial charge in [-0.25, -0.2) is 9.13 Å². The first-order valence-corrected chi connectivity index (χ1v) is 26.4. The quantitative estimate of drug-likeness (QED) is 0.0133. The minimum absolute atomic E-state index is 0.00653. The topological polar surface area (TPSA) is 265 Å². The minimum atomic E-state index is -4.90.